The number of pyridine rings is 1. The van der Waals surface area contributed by atoms with Gasteiger partial charge in [-0.15, -0.1) is 0 Å². The predicted molar refractivity (Wildman–Crippen MR) is 81.3 cm³/mol. The molecule has 3 rings (SSSR count). The molecule has 2 aromatic rings. The number of fused-ring (bicyclic) bond motifs is 1. The highest BCUT2D eigenvalue weighted by atomic mass is 16.3. The van der Waals surface area contributed by atoms with Crippen LogP contribution in [0.25, 0.3) is 10.9 Å². The van der Waals surface area contributed by atoms with Crippen molar-refractivity contribution in [1.29, 1.82) is 0 Å². The Morgan fingerprint density at radius 3 is 2.65 bits per heavy atom. The number of hydrogen-bond acceptors (Lipinski definition) is 3. The first-order chi connectivity index (χ1) is 9.77. The van der Waals surface area contributed by atoms with Gasteiger partial charge in [-0.2, -0.15) is 0 Å². The van der Waals surface area contributed by atoms with E-state index in [0.29, 0.717) is 6.54 Å². The maximum absolute atomic E-state index is 11.0. The minimum absolute atomic E-state index is 0.177. The van der Waals surface area contributed by atoms with Crippen molar-refractivity contribution in [3.05, 3.63) is 42.1 Å². The monoisotopic (exact) mass is 270 g/mol. The largest absolute Gasteiger partial charge is 0.388 e. The van der Waals surface area contributed by atoms with E-state index in [1.807, 2.05) is 30.3 Å². The maximum atomic E-state index is 11.0. The summed E-state index contributed by atoms with van der Waals surface area (Å²) in [4.78, 5) is 4.46. The van der Waals surface area contributed by atoms with Crippen LogP contribution in [-0.2, 0) is 0 Å². The normalized spacial score (nSPS) is 19.9. The van der Waals surface area contributed by atoms with Crippen LogP contribution in [-0.4, -0.2) is 16.6 Å². The molecular formula is C17H22N2O. The fraction of sp³-hybridized carbons (Fsp3) is 0.471. The summed E-state index contributed by atoms with van der Waals surface area (Å²) >= 11 is 0. The highest BCUT2D eigenvalue weighted by Gasteiger charge is 2.39. The first kappa shape index (κ1) is 13.5. The van der Waals surface area contributed by atoms with Gasteiger partial charge in [0.25, 0.3) is 0 Å². The second kappa shape index (κ2) is 5.51. The summed E-state index contributed by atoms with van der Waals surface area (Å²) in [6.45, 7) is 0.539. The van der Waals surface area contributed by atoms with E-state index in [4.69, 9.17) is 5.73 Å². The lowest BCUT2D eigenvalue weighted by atomic mass is 9.68. The smallest absolute Gasteiger partial charge is 0.0879 e. The van der Waals surface area contributed by atoms with Gasteiger partial charge >= 0.3 is 0 Å². The van der Waals surface area contributed by atoms with Gasteiger partial charge in [-0.05, 0) is 18.9 Å². The van der Waals surface area contributed by atoms with Crippen LogP contribution >= 0.6 is 0 Å². The van der Waals surface area contributed by atoms with Gasteiger partial charge in [-0.3, -0.25) is 4.98 Å². The summed E-state index contributed by atoms with van der Waals surface area (Å²) in [7, 11) is 0. The number of aliphatic hydroxyl groups excluding tert-OH is 1. The number of aliphatic hydroxyl groups is 1. The van der Waals surface area contributed by atoms with E-state index >= 15 is 0 Å². The maximum Gasteiger partial charge on any atom is 0.0879 e. The average molecular weight is 270 g/mol. The van der Waals surface area contributed by atoms with Crippen molar-refractivity contribution in [1.82, 2.24) is 4.98 Å². The fourth-order valence-corrected chi connectivity index (χ4v) is 3.52. The molecule has 3 N–H and O–H groups in total. The van der Waals surface area contributed by atoms with Crippen LogP contribution in [0, 0.1) is 5.41 Å². The van der Waals surface area contributed by atoms with Gasteiger partial charge in [-0.1, -0.05) is 43.5 Å². The third-order valence-electron chi connectivity index (χ3n) is 4.79. The van der Waals surface area contributed by atoms with Crippen molar-refractivity contribution in [2.75, 3.05) is 6.54 Å². The third kappa shape index (κ3) is 2.21. The van der Waals surface area contributed by atoms with Gasteiger partial charge in [0.05, 0.1) is 11.6 Å². The van der Waals surface area contributed by atoms with Gasteiger partial charge in [0, 0.05) is 29.1 Å². The van der Waals surface area contributed by atoms with E-state index in [0.717, 1.165) is 42.1 Å². The zero-order chi connectivity index (χ0) is 14.0. The van der Waals surface area contributed by atoms with E-state index in [9.17, 15) is 5.11 Å². The standard InChI is InChI=1S/C17H22N2O/c18-12-17(9-2-1-3-10-17)16(20)14-8-4-6-13-7-5-11-19-15(13)14/h4-8,11,16,20H,1-3,9-10,12,18H2. The Hall–Kier alpha value is -1.45. The topological polar surface area (TPSA) is 59.1 Å². The first-order valence-electron chi connectivity index (χ1n) is 7.49. The molecule has 1 atom stereocenters. The Bertz CT molecular complexity index is 585. The van der Waals surface area contributed by atoms with Crippen molar-refractivity contribution in [2.24, 2.45) is 11.1 Å². The molecule has 0 saturated heterocycles. The molecule has 1 unspecified atom stereocenters. The van der Waals surface area contributed by atoms with Crippen molar-refractivity contribution < 1.29 is 5.11 Å². The molecule has 0 aliphatic heterocycles. The van der Waals surface area contributed by atoms with Crippen molar-refractivity contribution in [3.63, 3.8) is 0 Å². The van der Waals surface area contributed by atoms with E-state index in [2.05, 4.69) is 4.98 Å². The molecule has 0 radical (unpaired) electrons. The first-order valence-corrected chi connectivity index (χ1v) is 7.49. The highest BCUT2D eigenvalue weighted by molar-refractivity contribution is 5.81. The molecule has 1 fully saturated rings. The summed E-state index contributed by atoms with van der Waals surface area (Å²) in [6.07, 6.45) is 6.85. The minimum Gasteiger partial charge on any atom is -0.388 e. The van der Waals surface area contributed by atoms with Gasteiger partial charge in [0.1, 0.15) is 0 Å². The van der Waals surface area contributed by atoms with E-state index in [1.165, 1.54) is 6.42 Å². The number of hydrogen-bond donors (Lipinski definition) is 2. The van der Waals surface area contributed by atoms with Crippen LogP contribution in [0.15, 0.2) is 36.5 Å². The second-order valence-electron chi connectivity index (χ2n) is 5.95. The summed E-state index contributed by atoms with van der Waals surface area (Å²) in [5.41, 5.74) is 7.69. The zero-order valence-electron chi connectivity index (χ0n) is 11.8. The summed E-state index contributed by atoms with van der Waals surface area (Å²) < 4.78 is 0. The van der Waals surface area contributed by atoms with Crippen LogP contribution in [0.1, 0.15) is 43.8 Å². The number of nitrogens with zero attached hydrogens (tertiary/aromatic N) is 1. The average Bonchev–Trinajstić information content (AvgIpc) is 2.54. The quantitative estimate of drug-likeness (QED) is 0.900. The van der Waals surface area contributed by atoms with Crippen LogP contribution in [0.5, 0.6) is 0 Å². The molecule has 1 aliphatic carbocycles. The van der Waals surface area contributed by atoms with Crippen molar-refractivity contribution >= 4 is 10.9 Å². The highest BCUT2D eigenvalue weighted by Crippen LogP contribution is 2.46. The molecule has 1 saturated carbocycles. The molecule has 0 amide bonds. The number of aromatic nitrogens is 1. The Morgan fingerprint density at radius 2 is 1.90 bits per heavy atom. The van der Waals surface area contributed by atoms with Gasteiger partial charge < -0.3 is 10.8 Å². The van der Waals surface area contributed by atoms with Gasteiger partial charge in [-0.25, -0.2) is 0 Å². The Kier molecular flexibility index (Phi) is 3.72. The summed E-state index contributed by atoms with van der Waals surface area (Å²) in [6, 6.07) is 9.99. The van der Waals surface area contributed by atoms with Gasteiger partial charge in [0.15, 0.2) is 0 Å². The van der Waals surface area contributed by atoms with Crippen molar-refractivity contribution in [2.45, 2.75) is 38.2 Å². The molecule has 20 heavy (non-hydrogen) atoms. The number of nitrogens with two attached hydrogens (primary N) is 1. The second-order valence-corrected chi connectivity index (χ2v) is 5.95. The molecule has 3 nitrogen and oxygen atoms in total. The molecular weight excluding hydrogens is 248 g/mol. The lowest BCUT2D eigenvalue weighted by Gasteiger charge is -2.40. The van der Waals surface area contributed by atoms with Crippen molar-refractivity contribution in [3.8, 4) is 0 Å². The lowest BCUT2D eigenvalue weighted by Crippen LogP contribution is -2.38. The Morgan fingerprint density at radius 1 is 1.15 bits per heavy atom. The van der Waals surface area contributed by atoms with Crippen LogP contribution < -0.4 is 5.73 Å². The van der Waals surface area contributed by atoms with Crippen LogP contribution in [0.2, 0.25) is 0 Å². The fourth-order valence-electron chi connectivity index (χ4n) is 3.52. The van der Waals surface area contributed by atoms with E-state index in [1.54, 1.807) is 6.20 Å². The lowest BCUT2D eigenvalue weighted by molar-refractivity contribution is 0.00156. The Balaban J connectivity index is 2.05. The molecule has 1 aromatic carbocycles. The molecule has 1 heterocycles. The van der Waals surface area contributed by atoms with Crippen LogP contribution in [0.4, 0.5) is 0 Å². The molecule has 106 valence electrons. The molecule has 0 bridgehead atoms. The predicted octanol–water partition coefficient (Wildman–Crippen LogP) is 3.18. The third-order valence-corrected chi connectivity index (χ3v) is 4.79. The number of rotatable bonds is 3. The van der Waals surface area contributed by atoms with Crippen LogP contribution in [0.3, 0.4) is 0 Å². The molecule has 1 aliphatic rings. The number of para-hydroxylation sites is 1. The SMILES string of the molecule is NCC1(C(O)c2cccc3cccnc23)CCCCC1. The molecule has 3 heteroatoms. The van der Waals surface area contributed by atoms with E-state index < -0.39 is 6.10 Å². The van der Waals surface area contributed by atoms with E-state index in [-0.39, 0.29) is 5.41 Å². The molecule has 1 aromatic heterocycles. The summed E-state index contributed by atoms with van der Waals surface area (Å²) in [5, 5.41) is 12.0. The Labute approximate surface area is 119 Å². The molecule has 0 spiro atoms. The zero-order valence-corrected chi connectivity index (χ0v) is 11.8. The minimum atomic E-state index is -0.522. The summed E-state index contributed by atoms with van der Waals surface area (Å²) in [5.74, 6) is 0. The number of benzene rings is 1. The van der Waals surface area contributed by atoms with Gasteiger partial charge in [0.2, 0.25) is 0 Å².